The molecule has 0 saturated heterocycles. The van der Waals surface area contributed by atoms with Crippen LogP contribution < -0.4 is 0 Å². The third-order valence-corrected chi connectivity index (χ3v) is 10.3. The number of nitrogens with zero attached hydrogens (tertiary/aromatic N) is 1. The summed E-state index contributed by atoms with van der Waals surface area (Å²) in [5.74, 6) is 0.784. The first-order valence-corrected chi connectivity index (χ1v) is 21.2. The lowest BCUT2D eigenvalue weighted by Crippen LogP contribution is -2.29. The predicted octanol–water partition coefficient (Wildman–Crippen LogP) is 11.8. The highest BCUT2D eigenvalue weighted by Gasteiger charge is 2.28. The van der Waals surface area contributed by atoms with Crippen LogP contribution in [0.15, 0.2) is 0 Å². The Morgan fingerprint density at radius 3 is 1.78 bits per heavy atom. The SMILES string of the molecule is CCCCCCCCCOC(=O)C(C)(C)CCCCCCN(CCO)CCCCCC(C)(C)COC(=O)CCCCCC(CCC)CCC. The molecule has 0 bridgehead atoms. The monoisotopic (exact) mass is 696 g/mol. The zero-order chi connectivity index (χ0) is 36.6. The van der Waals surface area contributed by atoms with E-state index < -0.39 is 5.41 Å². The molecule has 0 heterocycles. The van der Waals surface area contributed by atoms with Gasteiger partial charge in [0.2, 0.25) is 0 Å². The Morgan fingerprint density at radius 2 is 1.14 bits per heavy atom. The fourth-order valence-electron chi connectivity index (χ4n) is 6.92. The average molecular weight is 696 g/mol. The highest BCUT2D eigenvalue weighted by atomic mass is 16.5. The van der Waals surface area contributed by atoms with E-state index in [1.807, 2.05) is 13.8 Å². The molecule has 0 aromatic carbocycles. The molecule has 0 aliphatic rings. The molecule has 6 heteroatoms. The number of aliphatic hydroxyl groups is 1. The minimum Gasteiger partial charge on any atom is -0.465 e. The van der Waals surface area contributed by atoms with E-state index in [0.717, 1.165) is 109 Å². The lowest BCUT2D eigenvalue weighted by atomic mass is 9.87. The molecule has 0 aromatic heterocycles. The fraction of sp³-hybridized carbons (Fsp3) is 0.953. The highest BCUT2D eigenvalue weighted by molar-refractivity contribution is 5.75. The minimum atomic E-state index is -0.411. The zero-order valence-electron chi connectivity index (χ0n) is 34.0. The van der Waals surface area contributed by atoms with E-state index in [1.54, 1.807) is 0 Å². The number of esters is 2. The second kappa shape index (κ2) is 31.6. The molecule has 0 atom stereocenters. The molecule has 0 fully saturated rings. The second-order valence-corrected chi connectivity index (χ2v) is 16.5. The standard InChI is InChI=1S/C43H85NO5/c1-8-11-12-13-14-17-26-37-48-41(47)43(6,7)32-23-15-16-24-33-44(35-36-45)34-25-19-22-31-42(4,5)38-49-40(46)30-21-18-20-29-39(27-9-2)28-10-3/h39,45H,8-38H2,1-7H3. The van der Waals surface area contributed by atoms with Crippen LogP contribution in [0, 0.1) is 16.7 Å². The lowest BCUT2D eigenvalue weighted by Gasteiger charge is -2.25. The third-order valence-electron chi connectivity index (χ3n) is 10.3. The number of unbranched alkanes of at least 4 members (excludes halogenated alkanes) is 13. The van der Waals surface area contributed by atoms with Crippen molar-refractivity contribution in [3.63, 3.8) is 0 Å². The van der Waals surface area contributed by atoms with Crippen LogP contribution in [0.1, 0.15) is 209 Å². The molecule has 6 nitrogen and oxygen atoms in total. The first kappa shape index (κ1) is 47.9. The Morgan fingerprint density at radius 1 is 0.592 bits per heavy atom. The summed E-state index contributed by atoms with van der Waals surface area (Å²) >= 11 is 0. The fourth-order valence-corrected chi connectivity index (χ4v) is 6.92. The van der Waals surface area contributed by atoms with Gasteiger partial charge < -0.3 is 19.5 Å². The summed E-state index contributed by atoms with van der Waals surface area (Å²) in [6.07, 6.45) is 28.8. The van der Waals surface area contributed by atoms with Crippen LogP contribution in [0.4, 0.5) is 0 Å². The first-order valence-electron chi connectivity index (χ1n) is 21.2. The largest absolute Gasteiger partial charge is 0.465 e. The topological polar surface area (TPSA) is 76.1 Å². The van der Waals surface area contributed by atoms with Crippen molar-refractivity contribution >= 4 is 11.9 Å². The Kier molecular flexibility index (Phi) is 30.8. The summed E-state index contributed by atoms with van der Waals surface area (Å²) in [5, 5.41) is 9.58. The summed E-state index contributed by atoms with van der Waals surface area (Å²) in [6, 6.07) is 0. The molecule has 1 N–H and O–H groups in total. The summed E-state index contributed by atoms with van der Waals surface area (Å²) < 4.78 is 11.3. The van der Waals surface area contributed by atoms with Crippen LogP contribution in [0.2, 0.25) is 0 Å². The quantitative estimate of drug-likeness (QED) is 0.0519. The van der Waals surface area contributed by atoms with E-state index in [1.165, 1.54) is 70.6 Å². The molecule has 0 aliphatic heterocycles. The lowest BCUT2D eigenvalue weighted by molar-refractivity contribution is -0.154. The van der Waals surface area contributed by atoms with Crippen molar-refractivity contribution in [2.75, 3.05) is 39.5 Å². The van der Waals surface area contributed by atoms with Gasteiger partial charge in [-0.15, -0.1) is 0 Å². The van der Waals surface area contributed by atoms with Crippen molar-refractivity contribution < 1.29 is 24.2 Å². The molecule has 0 rings (SSSR count). The molecule has 0 spiro atoms. The number of rotatable bonds is 36. The van der Waals surface area contributed by atoms with Gasteiger partial charge in [0.1, 0.15) is 0 Å². The van der Waals surface area contributed by atoms with Gasteiger partial charge in [0, 0.05) is 13.0 Å². The molecule has 0 saturated carbocycles. The van der Waals surface area contributed by atoms with Crippen LogP contribution in [0.25, 0.3) is 0 Å². The van der Waals surface area contributed by atoms with Crippen molar-refractivity contribution in [1.82, 2.24) is 4.90 Å². The third kappa shape index (κ3) is 29.2. The van der Waals surface area contributed by atoms with Gasteiger partial charge in [-0.25, -0.2) is 0 Å². The van der Waals surface area contributed by atoms with E-state index >= 15 is 0 Å². The van der Waals surface area contributed by atoms with Crippen molar-refractivity contribution in [3.8, 4) is 0 Å². The van der Waals surface area contributed by atoms with Gasteiger partial charge in [0.25, 0.3) is 0 Å². The number of hydrogen-bond acceptors (Lipinski definition) is 6. The van der Waals surface area contributed by atoms with Crippen LogP contribution in [-0.4, -0.2) is 61.4 Å². The summed E-state index contributed by atoms with van der Waals surface area (Å²) in [7, 11) is 0. The van der Waals surface area contributed by atoms with Crippen LogP contribution in [0.3, 0.4) is 0 Å². The van der Waals surface area contributed by atoms with Gasteiger partial charge in [0.05, 0.1) is 25.2 Å². The van der Waals surface area contributed by atoms with E-state index in [-0.39, 0.29) is 24.0 Å². The maximum Gasteiger partial charge on any atom is 0.311 e. The van der Waals surface area contributed by atoms with Crippen LogP contribution in [-0.2, 0) is 19.1 Å². The van der Waals surface area contributed by atoms with Crippen LogP contribution >= 0.6 is 0 Å². The number of carbonyl (C=O) groups is 2. The summed E-state index contributed by atoms with van der Waals surface area (Å²) in [6.45, 7) is 19.3. The molecule has 0 radical (unpaired) electrons. The van der Waals surface area contributed by atoms with Gasteiger partial charge >= 0.3 is 11.9 Å². The van der Waals surface area contributed by atoms with Gasteiger partial charge in [-0.2, -0.15) is 0 Å². The summed E-state index contributed by atoms with van der Waals surface area (Å²) in [4.78, 5) is 27.3. The van der Waals surface area contributed by atoms with E-state index in [2.05, 4.69) is 39.5 Å². The smallest absolute Gasteiger partial charge is 0.311 e. The number of ether oxygens (including phenoxy) is 2. The molecular weight excluding hydrogens is 610 g/mol. The van der Waals surface area contributed by atoms with Gasteiger partial charge in [0.15, 0.2) is 0 Å². The van der Waals surface area contributed by atoms with Crippen molar-refractivity contribution in [2.24, 2.45) is 16.7 Å². The first-order chi connectivity index (χ1) is 23.5. The molecule has 0 aliphatic carbocycles. The second-order valence-electron chi connectivity index (χ2n) is 16.5. The molecule has 0 amide bonds. The Hall–Kier alpha value is -1.14. The number of hydrogen-bond donors (Lipinski definition) is 1. The van der Waals surface area contributed by atoms with Gasteiger partial charge in [-0.1, -0.05) is 150 Å². The molecular formula is C43H85NO5. The average Bonchev–Trinajstić information content (AvgIpc) is 3.06. The maximum atomic E-state index is 12.6. The predicted molar refractivity (Wildman–Crippen MR) is 209 cm³/mol. The number of carbonyl (C=O) groups excluding carboxylic acids is 2. The minimum absolute atomic E-state index is 0.00677. The van der Waals surface area contributed by atoms with E-state index in [4.69, 9.17) is 9.47 Å². The van der Waals surface area contributed by atoms with E-state index in [9.17, 15) is 14.7 Å². The zero-order valence-corrected chi connectivity index (χ0v) is 34.0. The van der Waals surface area contributed by atoms with Crippen molar-refractivity contribution in [1.29, 1.82) is 0 Å². The van der Waals surface area contributed by atoms with E-state index in [0.29, 0.717) is 19.6 Å². The Labute approximate surface area is 305 Å². The van der Waals surface area contributed by atoms with Crippen molar-refractivity contribution in [2.45, 2.75) is 209 Å². The van der Waals surface area contributed by atoms with Crippen molar-refractivity contribution in [3.05, 3.63) is 0 Å². The maximum absolute atomic E-state index is 12.6. The normalized spacial score (nSPS) is 12.3. The van der Waals surface area contributed by atoms with Gasteiger partial charge in [-0.3, -0.25) is 9.59 Å². The number of aliphatic hydroxyl groups excluding tert-OH is 1. The highest BCUT2D eigenvalue weighted by Crippen LogP contribution is 2.27. The van der Waals surface area contributed by atoms with Gasteiger partial charge in [-0.05, 0) is 76.8 Å². The molecule has 292 valence electrons. The van der Waals surface area contributed by atoms with Crippen LogP contribution in [0.5, 0.6) is 0 Å². The Bertz CT molecular complexity index is 761. The summed E-state index contributed by atoms with van der Waals surface area (Å²) in [5.41, 5.74) is -0.404. The molecule has 49 heavy (non-hydrogen) atoms. The molecule has 0 unspecified atom stereocenters. The Balaban J connectivity index is 4.01. The molecule has 0 aromatic rings.